The maximum atomic E-state index is 6.02. The van der Waals surface area contributed by atoms with Gasteiger partial charge in [-0.25, -0.2) is 0 Å². The van der Waals surface area contributed by atoms with Gasteiger partial charge in [-0.3, -0.25) is 0 Å². The fourth-order valence-electron chi connectivity index (χ4n) is 2.76. The summed E-state index contributed by atoms with van der Waals surface area (Å²) in [6.45, 7) is 5.05. The molecule has 2 aliphatic heterocycles. The summed E-state index contributed by atoms with van der Waals surface area (Å²) >= 11 is 0. The molecule has 1 fully saturated rings. The average Bonchev–Trinajstić information content (AvgIpc) is 2.39. The third-order valence-corrected chi connectivity index (χ3v) is 3.87. The van der Waals surface area contributed by atoms with Crippen LogP contribution in [0.4, 0.5) is 5.69 Å². The highest BCUT2D eigenvalue weighted by molar-refractivity contribution is 5.60. The Labute approximate surface area is 108 Å². The predicted molar refractivity (Wildman–Crippen MR) is 73.3 cm³/mol. The van der Waals surface area contributed by atoms with Crippen molar-refractivity contribution in [3.05, 3.63) is 23.8 Å². The lowest BCUT2D eigenvalue weighted by molar-refractivity contribution is 0.263. The molecule has 0 aromatic heterocycles. The molecule has 4 heteroatoms. The van der Waals surface area contributed by atoms with E-state index in [1.54, 1.807) is 0 Å². The lowest BCUT2D eigenvalue weighted by Gasteiger charge is -2.36. The number of nitrogens with zero attached hydrogens (tertiary/aromatic N) is 2. The Morgan fingerprint density at radius 2 is 2.00 bits per heavy atom. The normalized spacial score (nSPS) is 24.6. The van der Waals surface area contributed by atoms with E-state index in [1.807, 2.05) is 0 Å². The van der Waals surface area contributed by atoms with Crippen LogP contribution in [0.25, 0.3) is 0 Å². The Hall–Kier alpha value is -1.26. The summed E-state index contributed by atoms with van der Waals surface area (Å²) in [7, 11) is 2.18. The van der Waals surface area contributed by atoms with Crippen molar-refractivity contribution >= 4 is 5.69 Å². The van der Waals surface area contributed by atoms with Crippen molar-refractivity contribution in [2.24, 2.45) is 5.73 Å². The van der Waals surface area contributed by atoms with Gasteiger partial charge in [0.2, 0.25) is 0 Å². The number of fused-ring (bicyclic) bond motifs is 1. The van der Waals surface area contributed by atoms with Gasteiger partial charge in [-0.2, -0.15) is 0 Å². The number of hydrogen-bond acceptors (Lipinski definition) is 4. The van der Waals surface area contributed by atoms with Crippen LogP contribution in [-0.4, -0.2) is 50.8 Å². The summed E-state index contributed by atoms with van der Waals surface area (Å²) < 4.78 is 5.73. The molecule has 0 bridgehead atoms. The van der Waals surface area contributed by atoms with Crippen molar-refractivity contribution in [3.8, 4) is 5.75 Å². The summed E-state index contributed by atoms with van der Waals surface area (Å²) in [5.74, 6) is 1.02. The number of ether oxygens (including phenoxy) is 1. The van der Waals surface area contributed by atoms with E-state index in [-0.39, 0.29) is 6.04 Å². The molecule has 1 aromatic rings. The van der Waals surface area contributed by atoms with E-state index in [9.17, 15) is 0 Å². The molecule has 0 amide bonds. The molecule has 0 aliphatic carbocycles. The number of hydrogen-bond donors (Lipinski definition) is 1. The predicted octanol–water partition coefficient (Wildman–Crippen LogP) is 0.701. The van der Waals surface area contributed by atoms with Gasteiger partial charge in [0.15, 0.2) is 0 Å². The van der Waals surface area contributed by atoms with Gasteiger partial charge in [-0.1, -0.05) is 6.07 Å². The van der Waals surface area contributed by atoms with Crippen molar-refractivity contribution in [2.75, 3.05) is 44.7 Å². The van der Waals surface area contributed by atoms with Crippen molar-refractivity contribution < 1.29 is 4.74 Å². The number of rotatable bonds is 1. The molecule has 1 unspecified atom stereocenters. The van der Waals surface area contributed by atoms with Gasteiger partial charge >= 0.3 is 0 Å². The van der Waals surface area contributed by atoms with Gasteiger partial charge in [0.05, 0.1) is 0 Å². The minimum absolute atomic E-state index is 0.131. The van der Waals surface area contributed by atoms with Crippen LogP contribution in [0, 0.1) is 0 Å². The van der Waals surface area contributed by atoms with Gasteiger partial charge in [-0.05, 0) is 25.6 Å². The van der Waals surface area contributed by atoms with Crippen molar-refractivity contribution in [3.63, 3.8) is 0 Å². The molecule has 2 heterocycles. The van der Waals surface area contributed by atoms with Crippen LogP contribution in [0.3, 0.4) is 0 Å². The molecular weight excluding hydrogens is 226 g/mol. The number of benzene rings is 1. The van der Waals surface area contributed by atoms with Crippen LogP contribution < -0.4 is 15.4 Å². The Balaban J connectivity index is 1.88. The second-order valence-corrected chi connectivity index (χ2v) is 5.32. The average molecular weight is 247 g/mol. The molecule has 2 N–H and O–H groups in total. The number of piperazine rings is 1. The standard InChI is InChI=1S/C14H21N3O/c1-16-5-7-17(8-6-16)13-3-2-4-14-12(13)9-11(15)10-18-14/h2-4,11H,5-10,15H2,1H3. The third kappa shape index (κ3) is 2.18. The quantitative estimate of drug-likeness (QED) is 0.793. The van der Waals surface area contributed by atoms with Crippen LogP contribution in [0.15, 0.2) is 18.2 Å². The fraction of sp³-hybridized carbons (Fsp3) is 0.571. The third-order valence-electron chi connectivity index (χ3n) is 3.87. The van der Waals surface area contributed by atoms with E-state index in [1.165, 1.54) is 11.3 Å². The maximum absolute atomic E-state index is 6.02. The van der Waals surface area contributed by atoms with E-state index in [4.69, 9.17) is 10.5 Å². The number of likely N-dealkylation sites (N-methyl/N-ethyl adjacent to an activating group) is 1. The summed E-state index contributed by atoms with van der Waals surface area (Å²) in [5.41, 5.74) is 8.63. The molecule has 1 aromatic carbocycles. The molecule has 2 aliphatic rings. The van der Waals surface area contributed by atoms with Crippen molar-refractivity contribution in [1.82, 2.24) is 4.90 Å². The van der Waals surface area contributed by atoms with Crippen molar-refractivity contribution in [2.45, 2.75) is 12.5 Å². The Kier molecular flexibility index (Phi) is 3.14. The first-order chi connectivity index (χ1) is 8.74. The molecule has 0 spiro atoms. The van der Waals surface area contributed by atoms with E-state index >= 15 is 0 Å². The topological polar surface area (TPSA) is 41.7 Å². The first kappa shape index (κ1) is 11.8. The zero-order valence-corrected chi connectivity index (χ0v) is 10.9. The largest absolute Gasteiger partial charge is 0.492 e. The van der Waals surface area contributed by atoms with Crippen LogP contribution in [0.2, 0.25) is 0 Å². The smallest absolute Gasteiger partial charge is 0.124 e. The lowest BCUT2D eigenvalue weighted by atomic mass is 10.00. The van der Waals surface area contributed by atoms with E-state index in [2.05, 4.69) is 35.0 Å². The van der Waals surface area contributed by atoms with E-state index in [0.29, 0.717) is 6.61 Å². The van der Waals surface area contributed by atoms with Crippen LogP contribution in [0.1, 0.15) is 5.56 Å². The summed E-state index contributed by atoms with van der Waals surface area (Å²) in [6.07, 6.45) is 0.928. The van der Waals surface area contributed by atoms with E-state index in [0.717, 1.165) is 38.3 Å². The molecule has 0 radical (unpaired) electrons. The van der Waals surface area contributed by atoms with Gasteiger partial charge in [0.1, 0.15) is 12.4 Å². The van der Waals surface area contributed by atoms with Crippen LogP contribution in [0.5, 0.6) is 5.75 Å². The van der Waals surface area contributed by atoms with E-state index < -0.39 is 0 Å². The molecule has 1 saturated heterocycles. The molecule has 4 nitrogen and oxygen atoms in total. The highest BCUT2D eigenvalue weighted by Gasteiger charge is 2.23. The minimum atomic E-state index is 0.131. The first-order valence-electron chi connectivity index (χ1n) is 6.68. The zero-order chi connectivity index (χ0) is 12.5. The fourth-order valence-corrected chi connectivity index (χ4v) is 2.76. The Bertz CT molecular complexity index is 427. The van der Waals surface area contributed by atoms with Gasteiger partial charge in [0.25, 0.3) is 0 Å². The second kappa shape index (κ2) is 4.78. The highest BCUT2D eigenvalue weighted by Crippen LogP contribution is 2.33. The molecule has 1 atom stereocenters. The molecule has 3 rings (SSSR count). The highest BCUT2D eigenvalue weighted by atomic mass is 16.5. The maximum Gasteiger partial charge on any atom is 0.124 e. The minimum Gasteiger partial charge on any atom is -0.492 e. The summed E-state index contributed by atoms with van der Waals surface area (Å²) in [5, 5.41) is 0. The van der Waals surface area contributed by atoms with Gasteiger partial charge in [0, 0.05) is 43.5 Å². The van der Waals surface area contributed by atoms with Crippen LogP contribution >= 0.6 is 0 Å². The molecule has 18 heavy (non-hydrogen) atoms. The summed E-state index contributed by atoms with van der Waals surface area (Å²) in [4.78, 5) is 4.83. The Morgan fingerprint density at radius 3 is 2.78 bits per heavy atom. The monoisotopic (exact) mass is 247 g/mol. The zero-order valence-electron chi connectivity index (χ0n) is 10.9. The molecule has 0 saturated carbocycles. The van der Waals surface area contributed by atoms with Crippen molar-refractivity contribution in [1.29, 1.82) is 0 Å². The molecular formula is C14H21N3O. The second-order valence-electron chi connectivity index (χ2n) is 5.32. The number of nitrogens with two attached hydrogens (primary N) is 1. The van der Waals surface area contributed by atoms with Gasteiger partial charge < -0.3 is 20.3 Å². The van der Waals surface area contributed by atoms with Gasteiger partial charge in [-0.15, -0.1) is 0 Å². The summed E-state index contributed by atoms with van der Waals surface area (Å²) in [6, 6.07) is 6.47. The first-order valence-corrected chi connectivity index (χ1v) is 6.68. The lowest BCUT2D eigenvalue weighted by Crippen LogP contribution is -2.45. The SMILES string of the molecule is CN1CCN(c2cccc3c2CC(N)CO3)CC1. The Morgan fingerprint density at radius 1 is 1.22 bits per heavy atom. The molecule has 98 valence electrons. The number of anilines is 1. The van der Waals surface area contributed by atoms with Crippen LogP contribution in [-0.2, 0) is 6.42 Å².